The minimum atomic E-state index is -0.999. The molecule has 0 aliphatic rings. The molecule has 0 radical (unpaired) electrons. The monoisotopic (exact) mass is 209 g/mol. The fourth-order valence-electron chi connectivity index (χ4n) is 1.27. The molecule has 0 unspecified atom stereocenters. The number of hydrogen-bond donors (Lipinski definition) is 0. The van der Waals surface area contributed by atoms with Crippen LogP contribution in [0.4, 0.5) is 0 Å². The zero-order valence-electron chi connectivity index (χ0n) is 8.77. The SMILES string of the molecule is CCCCCCCC[P+](C)(C)Cl. The Labute approximate surface area is 83.2 Å². The minimum Gasteiger partial charge on any atom is -0.0654 e. The van der Waals surface area contributed by atoms with Gasteiger partial charge in [-0.25, -0.2) is 0 Å². The number of hydrogen-bond acceptors (Lipinski definition) is 0. The Hall–Kier alpha value is 0.720. The first kappa shape index (κ1) is 12.7. The summed E-state index contributed by atoms with van der Waals surface area (Å²) in [5.41, 5.74) is 0. The van der Waals surface area contributed by atoms with Gasteiger partial charge in [-0.15, -0.1) is 0 Å². The van der Waals surface area contributed by atoms with Crippen LogP contribution in [-0.2, 0) is 0 Å². The molecule has 0 aromatic carbocycles. The fraction of sp³-hybridized carbons (Fsp3) is 1.00. The highest BCUT2D eigenvalue weighted by Gasteiger charge is 2.20. The standard InChI is InChI=1S/C10H23ClP/c1-4-5-6-7-8-9-10-12(2,3)11/h4-10H2,1-3H3/q+1. The maximum absolute atomic E-state index is 6.18. The molecule has 0 saturated carbocycles. The summed E-state index contributed by atoms with van der Waals surface area (Å²) < 4.78 is 0. The van der Waals surface area contributed by atoms with Crippen LogP contribution < -0.4 is 0 Å². The van der Waals surface area contributed by atoms with Crippen molar-refractivity contribution >= 4 is 17.9 Å². The van der Waals surface area contributed by atoms with Crippen LogP contribution in [0.1, 0.15) is 45.4 Å². The van der Waals surface area contributed by atoms with E-state index in [-0.39, 0.29) is 0 Å². The molecule has 0 heterocycles. The maximum atomic E-state index is 6.18. The molecule has 0 aliphatic carbocycles. The molecule has 74 valence electrons. The van der Waals surface area contributed by atoms with Gasteiger partial charge in [0, 0.05) is 0 Å². The molecular formula is C10H23ClP+. The van der Waals surface area contributed by atoms with Gasteiger partial charge < -0.3 is 0 Å². The first-order valence-corrected chi connectivity index (χ1v) is 8.86. The van der Waals surface area contributed by atoms with Crippen molar-refractivity contribution in [3.05, 3.63) is 0 Å². The predicted molar refractivity (Wildman–Crippen MR) is 62.9 cm³/mol. The number of rotatable bonds is 7. The topological polar surface area (TPSA) is 0 Å². The summed E-state index contributed by atoms with van der Waals surface area (Å²) in [6.07, 6.45) is 9.56. The van der Waals surface area contributed by atoms with Crippen molar-refractivity contribution in [2.24, 2.45) is 0 Å². The van der Waals surface area contributed by atoms with E-state index in [9.17, 15) is 0 Å². The van der Waals surface area contributed by atoms with Crippen molar-refractivity contribution in [3.63, 3.8) is 0 Å². The summed E-state index contributed by atoms with van der Waals surface area (Å²) in [5, 5.41) is 0. The van der Waals surface area contributed by atoms with Crippen molar-refractivity contribution in [1.82, 2.24) is 0 Å². The predicted octanol–water partition coefficient (Wildman–Crippen LogP) is 4.78. The van der Waals surface area contributed by atoms with Crippen LogP contribution >= 0.6 is 17.9 Å². The normalized spacial score (nSPS) is 12.0. The maximum Gasteiger partial charge on any atom is 0.107 e. The van der Waals surface area contributed by atoms with E-state index in [0.29, 0.717) is 0 Å². The van der Waals surface area contributed by atoms with Crippen molar-refractivity contribution < 1.29 is 0 Å². The Balaban J connectivity index is 3.01. The molecule has 0 aromatic heterocycles. The molecule has 0 spiro atoms. The van der Waals surface area contributed by atoms with Crippen molar-refractivity contribution in [1.29, 1.82) is 0 Å². The van der Waals surface area contributed by atoms with E-state index >= 15 is 0 Å². The minimum absolute atomic E-state index is 0.999. The van der Waals surface area contributed by atoms with Gasteiger partial charge in [0.15, 0.2) is 0 Å². The second kappa shape index (κ2) is 7.15. The molecule has 0 N–H and O–H groups in total. The molecule has 0 aromatic rings. The van der Waals surface area contributed by atoms with E-state index in [1.165, 1.54) is 44.7 Å². The molecule has 2 heteroatoms. The van der Waals surface area contributed by atoms with Gasteiger partial charge in [-0.2, -0.15) is 0 Å². The molecule has 0 saturated heterocycles. The molecular weight excluding hydrogens is 187 g/mol. The van der Waals surface area contributed by atoms with Gasteiger partial charge in [0.2, 0.25) is 0 Å². The fourth-order valence-corrected chi connectivity index (χ4v) is 2.60. The zero-order chi connectivity index (χ0) is 9.45. The lowest BCUT2D eigenvalue weighted by molar-refractivity contribution is 0.626. The summed E-state index contributed by atoms with van der Waals surface area (Å²) in [6, 6.07) is 0. The Morgan fingerprint density at radius 3 is 1.92 bits per heavy atom. The molecule has 0 amide bonds. The Morgan fingerprint density at radius 2 is 1.42 bits per heavy atom. The summed E-state index contributed by atoms with van der Waals surface area (Å²) in [4.78, 5) is 0. The van der Waals surface area contributed by atoms with Crippen molar-refractivity contribution in [2.45, 2.75) is 45.4 Å². The third-order valence-electron chi connectivity index (χ3n) is 2.04. The second-order valence-electron chi connectivity index (χ2n) is 4.03. The van der Waals surface area contributed by atoms with E-state index in [2.05, 4.69) is 20.3 Å². The summed E-state index contributed by atoms with van der Waals surface area (Å²) in [6.45, 7) is 5.68. The highest BCUT2D eigenvalue weighted by Crippen LogP contribution is 2.57. The molecule has 0 nitrogen and oxygen atoms in total. The van der Waals surface area contributed by atoms with Crippen LogP contribution in [0.25, 0.3) is 0 Å². The molecule has 0 bridgehead atoms. The Morgan fingerprint density at radius 1 is 0.917 bits per heavy atom. The first-order chi connectivity index (χ1) is 5.56. The quantitative estimate of drug-likeness (QED) is 0.418. The highest BCUT2D eigenvalue weighted by atomic mass is 35.7. The zero-order valence-corrected chi connectivity index (χ0v) is 10.4. The summed E-state index contributed by atoms with van der Waals surface area (Å²) in [5.74, 6) is 0. The number of halogens is 1. The van der Waals surface area contributed by atoms with Crippen LogP contribution in [0.5, 0.6) is 0 Å². The van der Waals surface area contributed by atoms with Crippen LogP contribution in [0, 0.1) is 0 Å². The smallest absolute Gasteiger partial charge is 0.0654 e. The largest absolute Gasteiger partial charge is 0.107 e. The van der Waals surface area contributed by atoms with Gasteiger partial charge >= 0.3 is 0 Å². The van der Waals surface area contributed by atoms with Crippen molar-refractivity contribution in [3.8, 4) is 0 Å². The lowest BCUT2D eigenvalue weighted by Gasteiger charge is -2.06. The first-order valence-electron chi connectivity index (χ1n) is 5.09. The van der Waals surface area contributed by atoms with Gasteiger partial charge in [0.1, 0.15) is 6.62 Å². The van der Waals surface area contributed by atoms with E-state index < -0.39 is 6.62 Å². The van der Waals surface area contributed by atoms with E-state index in [0.717, 1.165) is 0 Å². The van der Waals surface area contributed by atoms with Crippen LogP contribution in [0.15, 0.2) is 0 Å². The van der Waals surface area contributed by atoms with Gasteiger partial charge in [-0.05, 0) is 12.8 Å². The van der Waals surface area contributed by atoms with Gasteiger partial charge in [-0.3, -0.25) is 0 Å². The third kappa shape index (κ3) is 10.7. The van der Waals surface area contributed by atoms with E-state index in [1.807, 2.05) is 0 Å². The Kier molecular flexibility index (Phi) is 7.58. The van der Waals surface area contributed by atoms with Gasteiger partial charge in [0.05, 0.1) is 30.7 Å². The third-order valence-corrected chi connectivity index (χ3v) is 3.93. The average molecular weight is 210 g/mol. The van der Waals surface area contributed by atoms with Crippen molar-refractivity contribution in [2.75, 3.05) is 19.5 Å². The molecule has 12 heavy (non-hydrogen) atoms. The lowest BCUT2D eigenvalue weighted by atomic mass is 10.1. The summed E-state index contributed by atoms with van der Waals surface area (Å²) in [7, 11) is 0. The van der Waals surface area contributed by atoms with Gasteiger partial charge in [-0.1, -0.05) is 32.6 Å². The van der Waals surface area contributed by atoms with Crippen LogP contribution in [0.3, 0.4) is 0 Å². The second-order valence-corrected chi connectivity index (χ2v) is 10.3. The van der Waals surface area contributed by atoms with Gasteiger partial charge in [0.25, 0.3) is 0 Å². The molecule has 0 fully saturated rings. The number of unbranched alkanes of at least 4 members (excludes halogenated alkanes) is 5. The van der Waals surface area contributed by atoms with E-state index in [4.69, 9.17) is 11.2 Å². The highest BCUT2D eigenvalue weighted by molar-refractivity contribution is 7.97. The van der Waals surface area contributed by atoms with Crippen LogP contribution in [-0.4, -0.2) is 19.5 Å². The summed E-state index contributed by atoms with van der Waals surface area (Å²) >= 11 is 6.18. The molecule has 0 atom stereocenters. The average Bonchev–Trinajstić information content (AvgIpc) is 1.94. The molecule has 0 aliphatic heterocycles. The Bertz CT molecular complexity index is 96.5. The van der Waals surface area contributed by atoms with E-state index in [1.54, 1.807) is 0 Å². The van der Waals surface area contributed by atoms with Crippen LogP contribution in [0.2, 0.25) is 0 Å². The lowest BCUT2D eigenvalue weighted by Crippen LogP contribution is -1.88. The molecule has 0 rings (SSSR count).